The molecular formula is C27H38N4O2. The molecule has 33 heavy (non-hydrogen) atoms. The van der Waals surface area contributed by atoms with Crippen molar-refractivity contribution in [1.29, 1.82) is 0 Å². The van der Waals surface area contributed by atoms with Crippen molar-refractivity contribution in [1.82, 2.24) is 9.80 Å². The summed E-state index contributed by atoms with van der Waals surface area (Å²) in [5.74, 6) is 0.00470. The Labute approximate surface area is 198 Å². The minimum absolute atomic E-state index is 0.000250. The average Bonchev–Trinajstić information content (AvgIpc) is 2.76. The van der Waals surface area contributed by atoms with Crippen molar-refractivity contribution in [3.8, 4) is 0 Å². The fourth-order valence-corrected chi connectivity index (χ4v) is 4.17. The molecule has 2 N–H and O–H groups in total. The zero-order valence-corrected chi connectivity index (χ0v) is 20.9. The van der Waals surface area contributed by atoms with E-state index < -0.39 is 0 Å². The Morgan fingerprint density at radius 1 is 0.909 bits per heavy atom. The molecule has 1 aliphatic heterocycles. The van der Waals surface area contributed by atoms with Crippen molar-refractivity contribution in [2.45, 2.75) is 53.0 Å². The SMILES string of the molecule is Cc1cccc(C)c1NC(=O)CN1CCN(C(C)C(=O)Nc2ccc(C(C)(C)C)cc2)CC1. The van der Waals surface area contributed by atoms with E-state index in [-0.39, 0.29) is 23.3 Å². The fraction of sp³-hybridized carbons (Fsp3) is 0.481. The zero-order valence-electron chi connectivity index (χ0n) is 20.9. The lowest BCUT2D eigenvalue weighted by atomic mass is 9.87. The first-order valence-corrected chi connectivity index (χ1v) is 11.8. The van der Waals surface area contributed by atoms with Gasteiger partial charge in [-0.3, -0.25) is 19.4 Å². The van der Waals surface area contributed by atoms with Crippen LogP contribution in [0.2, 0.25) is 0 Å². The monoisotopic (exact) mass is 450 g/mol. The third-order valence-corrected chi connectivity index (χ3v) is 6.47. The van der Waals surface area contributed by atoms with Gasteiger partial charge in [0.2, 0.25) is 11.8 Å². The normalized spacial score (nSPS) is 16.3. The summed E-state index contributed by atoms with van der Waals surface area (Å²) < 4.78 is 0. The molecule has 1 aliphatic rings. The van der Waals surface area contributed by atoms with E-state index in [0.717, 1.165) is 48.7 Å². The molecule has 1 atom stereocenters. The number of amides is 2. The van der Waals surface area contributed by atoms with E-state index >= 15 is 0 Å². The minimum Gasteiger partial charge on any atom is -0.325 e. The maximum Gasteiger partial charge on any atom is 0.241 e. The van der Waals surface area contributed by atoms with Gasteiger partial charge in [0.15, 0.2) is 0 Å². The van der Waals surface area contributed by atoms with Crippen LogP contribution in [-0.4, -0.2) is 60.4 Å². The molecule has 0 bridgehead atoms. The average molecular weight is 451 g/mol. The number of hydrogen-bond acceptors (Lipinski definition) is 4. The van der Waals surface area contributed by atoms with Crippen molar-refractivity contribution >= 4 is 23.2 Å². The smallest absolute Gasteiger partial charge is 0.241 e. The molecule has 178 valence electrons. The van der Waals surface area contributed by atoms with Crippen molar-refractivity contribution in [2.24, 2.45) is 0 Å². The first kappa shape index (κ1) is 24.9. The molecule has 3 rings (SSSR count). The summed E-state index contributed by atoms with van der Waals surface area (Å²) >= 11 is 0. The number of piperazine rings is 1. The van der Waals surface area contributed by atoms with Gasteiger partial charge >= 0.3 is 0 Å². The summed E-state index contributed by atoms with van der Waals surface area (Å²) in [4.78, 5) is 29.7. The number of carbonyl (C=O) groups is 2. The van der Waals surface area contributed by atoms with Gasteiger partial charge in [-0.05, 0) is 55.0 Å². The van der Waals surface area contributed by atoms with Crippen LogP contribution in [0.1, 0.15) is 44.4 Å². The molecule has 2 aromatic rings. The van der Waals surface area contributed by atoms with E-state index in [4.69, 9.17) is 0 Å². The Kier molecular flexibility index (Phi) is 7.92. The minimum atomic E-state index is -0.224. The number of hydrogen-bond donors (Lipinski definition) is 2. The van der Waals surface area contributed by atoms with Crippen LogP contribution < -0.4 is 10.6 Å². The van der Waals surface area contributed by atoms with Gasteiger partial charge in [0, 0.05) is 37.6 Å². The van der Waals surface area contributed by atoms with Gasteiger partial charge in [0.25, 0.3) is 0 Å². The topological polar surface area (TPSA) is 64.7 Å². The van der Waals surface area contributed by atoms with E-state index in [9.17, 15) is 9.59 Å². The van der Waals surface area contributed by atoms with Crippen LogP contribution in [0.15, 0.2) is 42.5 Å². The molecule has 0 spiro atoms. The summed E-state index contributed by atoms with van der Waals surface area (Å²) in [6.45, 7) is 15.9. The molecule has 1 fully saturated rings. The predicted octanol–water partition coefficient (Wildman–Crippen LogP) is 4.18. The summed E-state index contributed by atoms with van der Waals surface area (Å²) in [5, 5.41) is 6.10. The molecular weight excluding hydrogens is 412 g/mol. The Morgan fingerprint density at radius 2 is 1.48 bits per heavy atom. The van der Waals surface area contributed by atoms with Crippen molar-refractivity contribution < 1.29 is 9.59 Å². The second-order valence-electron chi connectivity index (χ2n) is 10.1. The second kappa shape index (κ2) is 10.5. The van der Waals surface area contributed by atoms with E-state index in [0.29, 0.717) is 6.54 Å². The van der Waals surface area contributed by atoms with Crippen molar-refractivity contribution in [2.75, 3.05) is 43.4 Å². The number of benzene rings is 2. The van der Waals surface area contributed by atoms with Gasteiger partial charge in [0.05, 0.1) is 12.6 Å². The number of carbonyl (C=O) groups excluding carboxylic acids is 2. The number of nitrogens with zero attached hydrogens (tertiary/aromatic N) is 2. The predicted molar refractivity (Wildman–Crippen MR) is 136 cm³/mol. The maximum atomic E-state index is 12.8. The Hall–Kier alpha value is -2.70. The molecule has 0 radical (unpaired) electrons. The maximum absolute atomic E-state index is 12.8. The number of para-hydroxylation sites is 1. The van der Waals surface area contributed by atoms with Crippen LogP contribution in [-0.2, 0) is 15.0 Å². The highest BCUT2D eigenvalue weighted by molar-refractivity contribution is 5.95. The molecule has 0 aliphatic carbocycles. The van der Waals surface area contributed by atoms with Gasteiger partial charge in [-0.15, -0.1) is 0 Å². The molecule has 1 unspecified atom stereocenters. The lowest BCUT2D eigenvalue weighted by Gasteiger charge is -2.37. The quantitative estimate of drug-likeness (QED) is 0.693. The van der Waals surface area contributed by atoms with E-state index in [1.165, 1.54) is 5.56 Å². The summed E-state index contributed by atoms with van der Waals surface area (Å²) in [5.41, 5.74) is 5.20. The van der Waals surface area contributed by atoms with E-state index in [1.807, 2.05) is 51.1 Å². The number of rotatable bonds is 6. The third kappa shape index (κ3) is 6.65. The first-order chi connectivity index (χ1) is 15.5. The number of aryl methyl sites for hydroxylation is 2. The molecule has 6 nitrogen and oxygen atoms in total. The number of anilines is 2. The molecule has 2 aromatic carbocycles. The Bertz CT molecular complexity index is 950. The van der Waals surface area contributed by atoms with Gasteiger partial charge < -0.3 is 10.6 Å². The van der Waals surface area contributed by atoms with Crippen LogP contribution in [0.25, 0.3) is 0 Å². The molecule has 2 amide bonds. The highest BCUT2D eigenvalue weighted by Gasteiger charge is 2.26. The summed E-state index contributed by atoms with van der Waals surface area (Å²) in [6, 6.07) is 13.9. The first-order valence-electron chi connectivity index (χ1n) is 11.8. The van der Waals surface area contributed by atoms with Gasteiger partial charge in [-0.25, -0.2) is 0 Å². The van der Waals surface area contributed by atoms with Crippen LogP contribution in [0, 0.1) is 13.8 Å². The zero-order chi connectivity index (χ0) is 24.2. The van der Waals surface area contributed by atoms with Gasteiger partial charge in [0.1, 0.15) is 0 Å². The van der Waals surface area contributed by atoms with Crippen LogP contribution in [0.3, 0.4) is 0 Å². The highest BCUT2D eigenvalue weighted by atomic mass is 16.2. The van der Waals surface area contributed by atoms with Crippen molar-refractivity contribution in [3.05, 3.63) is 59.2 Å². The Morgan fingerprint density at radius 3 is 2.03 bits per heavy atom. The fourth-order valence-electron chi connectivity index (χ4n) is 4.17. The lowest BCUT2D eigenvalue weighted by Crippen LogP contribution is -2.53. The van der Waals surface area contributed by atoms with E-state index in [1.54, 1.807) is 0 Å². The largest absolute Gasteiger partial charge is 0.325 e. The van der Waals surface area contributed by atoms with Gasteiger partial charge in [-0.2, -0.15) is 0 Å². The highest BCUT2D eigenvalue weighted by Crippen LogP contribution is 2.24. The lowest BCUT2D eigenvalue weighted by molar-refractivity contribution is -0.122. The van der Waals surface area contributed by atoms with Crippen molar-refractivity contribution in [3.63, 3.8) is 0 Å². The van der Waals surface area contributed by atoms with Crippen LogP contribution in [0.4, 0.5) is 11.4 Å². The van der Waals surface area contributed by atoms with Crippen LogP contribution in [0.5, 0.6) is 0 Å². The molecule has 1 heterocycles. The number of nitrogens with one attached hydrogen (secondary N) is 2. The summed E-state index contributed by atoms with van der Waals surface area (Å²) in [6.07, 6.45) is 0. The third-order valence-electron chi connectivity index (χ3n) is 6.47. The standard InChI is InChI=1S/C27H38N4O2/c1-19-8-7-9-20(2)25(19)29-24(32)18-30-14-16-31(17-15-30)21(3)26(33)28-23-12-10-22(11-13-23)27(4,5)6/h7-13,21H,14-18H2,1-6H3,(H,28,33)(H,29,32). The summed E-state index contributed by atoms with van der Waals surface area (Å²) in [7, 11) is 0. The Balaban J connectivity index is 1.46. The molecule has 0 aromatic heterocycles. The molecule has 0 saturated carbocycles. The molecule has 1 saturated heterocycles. The van der Waals surface area contributed by atoms with Crippen LogP contribution >= 0.6 is 0 Å². The second-order valence-corrected chi connectivity index (χ2v) is 10.1. The van der Waals surface area contributed by atoms with E-state index in [2.05, 4.69) is 53.3 Å². The molecule has 6 heteroatoms. The van der Waals surface area contributed by atoms with Gasteiger partial charge in [-0.1, -0.05) is 51.1 Å².